The van der Waals surface area contributed by atoms with Crippen molar-refractivity contribution in [2.24, 2.45) is 5.73 Å². The minimum Gasteiger partial charge on any atom is -0.324 e. The molecule has 2 N–H and O–H groups in total. The zero-order valence-electron chi connectivity index (χ0n) is 12.0. The lowest BCUT2D eigenvalue weighted by Crippen LogP contribution is -2.29. The first-order chi connectivity index (χ1) is 10.4. The standard InChI is InChI=1S/C14H16N4O3S/c1-22(20,21)18(12-5-3-2-4-6-12)10-11-7-8-13(17-16-11)14(19)9-15/h2-8H,9-10,15H2,1H3. The summed E-state index contributed by atoms with van der Waals surface area (Å²) in [5.41, 5.74) is 6.38. The van der Waals surface area contributed by atoms with Gasteiger partial charge in [0.2, 0.25) is 10.0 Å². The van der Waals surface area contributed by atoms with Crippen LogP contribution in [0.3, 0.4) is 0 Å². The highest BCUT2D eigenvalue weighted by atomic mass is 32.2. The van der Waals surface area contributed by atoms with Crippen molar-refractivity contribution in [1.82, 2.24) is 10.2 Å². The third-order valence-electron chi connectivity index (χ3n) is 2.94. The molecule has 0 aliphatic heterocycles. The number of carbonyl (C=O) groups excluding carboxylic acids is 1. The highest BCUT2D eigenvalue weighted by molar-refractivity contribution is 7.92. The highest BCUT2D eigenvalue weighted by Gasteiger charge is 2.18. The maximum atomic E-state index is 12.0. The summed E-state index contributed by atoms with van der Waals surface area (Å²) in [6.45, 7) is -0.111. The molecule has 0 fully saturated rings. The van der Waals surface area contributed by atoms with Gasteiger partial charge < -0.3 is 5.73 Å². The lowest BCUT2D eigenvalue weighted by molar-refractivity contribution is 0.0995. The molecule has 1 aromatic heterocycles. The van der Waals surface area contributed by atoms with Crippen LogP contribution < -0.4 is 10.0 Å². The lowest BCUT2D eigenvalue weighted by Gasteiger charge is -2.21. The van der Waals surface area contributed by atoms with E-state index < -0.39 is 10.0 Å². The number of rotatable bonds is 6. The van der Waals surface area contributed by atoms with Gasteiger partial charge in [-0.3, -0.25) is 9.10 Å². The van der Waals surface area contributed by atoms with E-state index in [0.29, 0.717) is 11.4 Å². The minimum absolute atomic E-state index is 0.0347. The maximum absolute atomic E-state index is 12.0. The number of nitrogens with two attached hydrogens (primary N) is 1. The Kier molecular flexibility index (Phi) is 4.84. The molecular formula is C14H16N4O3S. The van der Waals surface area contributed by atoms with E-state index in [4.69, 9.17) is 5.73 Å². The van der Waals surface area contributed by atoms with Gasteiger partial charge in [-0.15, -0.1) is 5.10 Å². The normalized spacial score (nSPS) is 11.2. The molecule has 0 amide bonds. The van der Waals surface area contributed by atoms with Crippen molar-refractivity contribution in [3.8, 4) is 0 Å². The Morgan fingerprint density at radius 3 is 2.32 bits per heavy atom. The van der Waals surface area contributed by atoms with Crippen molar-refractivity contribution >= 4 is 21.5 Å². The summed E-state index contributed by atoms with van der Waals surface area (Å²) in [5, 5.41) is 7.67. The SMILES string of the molecule is CS(=O)(=O)N(Cc1ccc(C(=O)CN)nn1)c1ccccc1. The molecule has 0 saturated heterocycles. The molecule has 22 heavy (non-hydrogen) atoms. The molecule has 0 saturated carbocycles. The van der Waals surface area contributed by atoms with Crippen molar-refractivity contribution < 1.29 is 13.2 Å². The Balaban J connectivity index is 2.27. The summed E-state index contributed by atoms with van der Waals surface area (Å²) < 4.78 is 25.2. The largest absolute Gasteiger partial charge is 0.324 e. The molecule has 0 spiro atoms. The molecule has 8 heteroatoms. The van der Waals surface area contributed by atoms with E-state index in [1.807, 2.05) is 0 Å². The lowest BCUT2D eigenvalue weighted by atomic mass is 10.2. The molecular weight excluding hydrogens is 304 g/mol. The van der Waals surface area contributed by atoms with E-state index in [-0.39, 0.29) is 24.6 Å². The number of aromatic nitrogens is 2. The molecule has 0 atom stereocenters. The van der Waals surface area contributed by atoms with Crippen molar-refractivity contribution in [1.29, 1.82) is 0 Å². The maximum Gasteiger partial charge on any atom is 0.232 e. The first-order valence-electron chi connectivity index (χ1n) is 6.50. The number of hydrogen-bond acceptors (Lipinski definition) is 6. The summed E-state index contributed by atoms with van der Waals surface area (Å²) in [6.07, 6.45) is 1.12. The van der Waals surface area contributed by atoms with Crippen LogP contribution in [0.2, 0.25) is 0 Å². The summed E-state index contributed by atoms with van der Waals surface area (Å²) in [5.74, 6) is -0.318. The summed E-state index contributed by atoms with van der Waals surface area (Å²) >= 11 is 0. The highest BCUT2D eigenvalue weighted by Crippen LogP contribution is 2.19. The summed E-state index contributed by atoms with van der Waals surface area (Å²) in [6, 6.07) is 11.8. The summed E-state index contributed by atoms with van der Waals surface area (Å²) in [7, 11) is -3.47. The molecule has 2 rings (SSSR count). The molecule has 0 radical (unpaired) electrons. The number of ketones is 1. The van der Waals surface area contributed by atoms with Crippen LogP contribution in [0.5, 0.6) is 0 Å². The molecule has 7 nitrogen and oxygen atoms in total. The molecule has 116 valence electrons. The van der Waals surface area contributed by atoms with Gasteiger partial charge in [-0.1, -0.05) is 18.2 Å². The molecule has 0 aliphatic rings. The van der Waals surface area contributed by atoms with E-state index in [1.165, 1.54) is 10.4 Å². The van der Waals surface area contributed by atoms with Gasteiger partial charge >= 0.3 is 0 Å². The van der Waals surface area contributed by atoms with Crippen LogP contribution in [0.4, 0.5) is 5.69 Å². The molecule has 0 aliphatic carbocycles. The van der Waals surface area contributed by atoms with Crippen LogP contribution in [-0.2, 0) is 16.6 Å². The Bertz CT molecular complexity index is 745. The zero-order chi connectivity index (χ0) is 16.2. The van der Waals surface area contributed by atoms with Crippen LogP contribution in [0, 0.1) is 0 Å². The van der Waals surface area contributed by atoms with E-state index in [1.54, 1.807) is 36.4 Å². The van der Waals surface area contributed by atoms with Crippen molar-refractivity contribution in [2.75, 3.05) is 17.1 Å². The molecule has 0 unspecified atom stereocenters. The Hall–Kier alpha value is -2.32. The van der Waals surface area contributed by atoms with Crippen LogP contribution >= 0.6 is 0 Å². The Morgan fingerprint density at radius 1 is 1.14 bits per heavy atom. The van der Waals surface area contributed by atoms with Gasteiger partial charge in [0, 0.05) is 0 Å². The molecule has 1 heterocycles. The van der Waals surface area contributed by atoms with Gasteiger partial charge in [0.1, 0.15) is 5.69 Å². The topological polar surface area (TPSA) is 106 Å². The molecule has 0 bridgehead atoms. The van der Waals surface area contributed by atoms with Gasteiger partial charge in [-0.2, -0.15) is 5.10 Å². The zero-order valence-corrected chi connectivity index (χ0v) is 12.8. The number of sulfonamides is 1. The summed E-state index contributed by atoms with van der Waals surface area (Å²) in [4.78, 5) is 11.4. The van der Waals surface area contributed by atoms with Gasteiger partial charge in [0.05, 0.1) is 30.7 Å². The minimum atomic E-state index is -3.47. The van der Waals surface area contributed by atoms with E-state index in [9.17, 15) is 13.2 Å². The van der Waals surface area contributed by atoms with E-state index in [0.717, 1.165) is 6.26 Å². The molecule has 1 aromatic carbocycles. The second kappa shape index (κ2) is 6.63. The third kappa shape index (κ3) is 3.86. The average Bonchev–Trinajstić information content (AvgIpc) is 2.52. The van der Waals surface area contributed by atoms with Gasteiger partial charge in [-0.25, -0.2) is 8.42 Å². The van der Waals surface area contributed by atoms with Crippen molar-refractivity contribution in [3.63, 3.8) is 0 Å². The fourth-order valence-corrected chi connectivity index (χ4v) is 2.71. The number of anilines is 1. The number of para-hydroxylation sites is 1. The first kappa shape index (κ1) is 16.1. The Labute approximate surface area is 128 Å². The molecule has 2 aromatic rings. The number of benzene rings is 1. The number of hydrogen-bond donors (Lipinski definition) is 1. The van der Waals surface area contributed by atoms with Gasteiger partial charge in [0.25, 0.3) is 0 Å². The number of Topliss-reactive ketones (excluding diaryl/α,β-unsaturated/α-hetero) is 1. The van der Waals surface area contributed by atoms with Crippen molar-refractivity contribution in [3.05, 3.63) is 53.9 Å². The monoisotopic (exact) mass is 320 g/mol. The fourth-order valence-electron chi connectivity index (χ4n) is 1.84. The second-order valence-electron chi connectivity index (χ2n) is 4.64. The van der Waals surface area contributed by atoms with E-state index >= 15 is 0 Å². The number of carbonyl (C=O) groups is 1. The van der Waals surface area contributed by atoms with Gasteiger partial charge in [-0.05, 0) is 24.3 Å². The first-order valence-corrected chi connectivity index (χ1v) is 8.35. The Morgan fingerprint density at radius 2 is 1.82 bits per heavy atom. The van der Waals surface area contributed by atoms with Crippen LogP contribution in [0.1, 0.15) is 16.2 Å². The quantitative estimate of drug-likeness (QED) is 0.781. The van der Waals surface area contributed by atoms with Crippen LogP contribution in [0.15, 0.2) is 42.5 Å². The average molecular weight is 320 g/mol. The van der Waals surface area contributed by atoms with E-state index in [2.05, 4.69) is 10.2 Å². The predicted molar refractivity (Wildman–Crippen MR) is 82.9 cm³/mol. The van der Waals surface area contributed by atoms with Crippen LogP contribution in [0.25, 0.3) is 0 Å². The second-order valence-corrected chi connectivity index (χ2v) is 6.55. The fraction of sp³-hybridized carbons (Fsp3) is 0.214. The smallest absolute Gasteiger partial charge is 0.232 e. The third-order valence-corrected chi connectivity index (χ3v) is 4.08. The predicted octanol–water partition coefficient (Wildman–Crippen LogP) is 0.584. The van der Waals surface area contributed by atoms with Crippen LogP contribution in [-0.4, -0.2) is 37.2 Å². The van der Waals surface area contributed by atoms with Crippen molar-refractivity contribution in [2.45, 2.75) is 6.54 Å². The van der Waals surface area contributed by atoms with Gasteiger partial charge in [0.15, 0.2) is 5.78 Å². The number of nitrogens with zero attached hydrogens (tertiary/aromatic N) is 3.